The average molecular weight is 612 g/mol. The summed E-state index contributed by atoms with van der Waals surface area (Å²) >= 11 is 1.87. The maximum Gasteiger partial charge on any atom is 0.302 e. The Bertz CT molecular complexity index is 1310. The number of halogens is 1. The fraction of sp³-hybridized carbons (Fsp3) is 0.381. The number of nitrogens with zero attached hydrogens (tertiary/aromatic N) is 4. The normalized spacial score (nSPS) is 18.3. The first-order valence-electron chi connectivity index (χ1n) is 10.8. The number of carbonyl (C=O) groups excluding carboxylic acids is 2. The van der Waals surface area contributed by atoms with E-state index in [1.54, 1.807) is 17.0 Å². The minimum Gasteiger partial charge on any atom is -0.382 e. The van der Waals surface area contributed by atoms with E-state index in [-0.39, 0.29) is 40.1 Å². The van der Waals surface area contributed by atoms with Crippen LogP contribution in [0.2, 0.25) is 0 Å². The van der Waals surface area contributed by atoms with E-state index in [1.807, 2.05) is 22.6 Å². The minimum atomic E-state index is -3.27. The van der Waals surface area contributed by atoms with E-state index < -0.39 is 15.7 Å². The summed E-state index contributed by atoms with van der Waals surface area (Å²) in [6.07, 6.45) is 2.70. The summed E-state index contributed by atoms with van der Waals surface area (Å²) in [4.78, 5) is 39.4. The van der Waals surface area contributed by atoms with Crippen molar-refractivity contribution in [2.75, 3.05) is 37.4 Å². The molecule has 1 aromatic carbocycles. The van der Waals surface area contributed by atoms with Crippen LogP contribution in [0, 0.1) is 3.70 Å². The van der Waals surface area contributed by atoms with Crippen molar-refractivity contribution in [2.45, 2.75) is 29.7 Å². The first-order chi connectivity index (χ1) is 16.5. The third-order valence-electron chi connectivity index (χ3n) is 6.08. The molecular formula is C21H25IN8O4S. The van der Waals surface area contributed by atoms with Crippen molar-refractivity contribution in [3.05, 3.63) is 39.2 Å². The molecule has 0 saturated carbocycles. The van der Waals surface area contributed by atoms with Gasteiger partial charge < -0.3 is 27.0 Å². The Balaban J connectivity index is 1.34. The second kappa shape index (κ2) is 9.56. The molecule has 1 aromatic heterocycles. The summed E-state index contributed by atoms with van der Waals surface area (Å²) < 4.78 is 23.6. The number of nitrogens with two attached hydrogens (primary N) is 2. The number of aromatic nitrogens is 2. The first-order valence-corrected chi connectivity index (χ1v) is 13.7. The lowest BCUT2D eigenvalue weighted by Gasteiger charge is -2.38. The van der Waals surface area contributed by atoms with Gasteiger partial charge in [0.2, 0.25) is 5.91 Å². The van der Waals surface area contributed by atoms with E-state index in [0.717, 1.165) is 11.8 Å². The van der Waals surface area contributed by atoms with Crippen molar-refractivity contribution in [2.24, 2.45) is 4.99 Å². The van der Waals surface area contributed by atoms with Crippen molar-refractivity contribution >= 4 is 61.8 Å². The van der Waals surface area contributed by atoms with Gasteiger partial charge >= 0.3 is 5.91 Å². The van der Waals surface area contributed by atoms with Crippen molar-refractivity contribution in [3.63, 3.8) is 0 Å². The Morgan fingerprint density at radius 1 is 1.14 bits per heavy atom. The minimum absolute atomic E-state index is 0.0195. The van der Waals surface area contributed by atoms with Crippen LogP contribution < -0.4 is 22.1 Å². The zero-order chi connectivity index (χ0) is 25.4. The van der Waals surface area contributed by atoms with Crippen LogP contribution in [0.25, 0.3) is 0 Å². The number of piperidine rings is 1. The van der Waals surface area contributed by atoms with E-state index in [2.05, 4.69) is 25.6 Å². The number of anilines is 2. The van der Waals surface area contributed by atoms with Gasteiger partial charge in [-0.3, -0.25) is 9.59 Å². The van der Waals surface area contributed by atoms with Crippen molar-refractivity contribution < 1.29 is 18.0 Å². The summed E-state index contributed by atoms with van der Waals surface area (Å²) in [7, 11) is -3.27. The van der Waals surface area contributed by atoms with E-state index >= 15 is 0 Å². The molecule has 2 aromatic rings. The van der Waals surface area contributed by atoms with Gasteiger partial charge in [-0.05, 0) is 53.1 Å². The number of likely N-dealkylation sites (tertiary alicyclic amines) is 1. The van der Waals surface area contributed by atoms with Crippen molar-refractivity contribution in [3.8, 4) is 0 Å². The Hall–Kier alpha value is -3.01. The van der Waals surface area contributed by atoms with E-state index in [4.69, 9.17) is 11.5 Å². The first kappa shape index (κ1) is 25.1. The zero-order valence-corrected chi connectivity index (χ0v) is 21.9. The summed E-state index contributed by atoms with van der Waals surface area (Å²) in [5, 5.41) is 6.40. The van der Waals surface area contributed by atoms with Gasteiger partial charge in [0.1, 0.15) is 3.70 Å². The van der Waals surface area contributed by atoms with E-state index in [9.17, 15) is 18.0 Å². The number of amides is 2. The van der Waals surface area contributed by atoms with Crippen LogP contribution in [0.3, 0.4) is 0 Å². The quantitative estimate of drug-likeness (QED) is 0.341. The van der Waals surface area contributed by atoms with Crippen LogP contribution in [0.15, 0.2) is 34.2 Å². The van der Waals surface area contributed by atoms with Gasteiger partial charge in [-0.2, -0.15) is 4.99 Å². The number of hydrogen-bond acceptors (Lipinski definition) is 8. The molecule has 35 heavy (non-hydrogen) atoms. The van der Waals surface area contributed by atoms with Gasteiger partial charge in [0.05, 0.1) is 16.9 Å². The van der Waals surface area contributed by atoms with Gasteiger partial charge in [0, 0.05) is 25.9 Å². The molecule has 2 saturated heterocycles. The van der Waals surface area contributed by atoms with Crippen LogP contribution in [0.4, 0.5) is 11.6 Å². The molecule has 3 heterocycles. The highest BCUT2D eigenvalue weighted by Crippen LogP contribution is 2.25. The largest absolute Gasteiger partial charge is 0.382 e. The number of nitrogen functional groups attached to an aromatic ring is 2. The highest BCUT2D eigenvalue weighted by molar-refractivity contribution is 14.1. The molecule has 0 unspecified atom stereocenters. The van der Waals surface area contributed by atoms with Gasteiger partial charge in [-0.25, -0.2) is 18.4 Å². The van der Waals surface area contributed by atoms with Crippen molar-refractivity contribution in [1.29, 1.82) is 0 Å². The number of hydrogen-bond donors (Lipinski definition) is 4. The molecule has 0 atom stereocenters. The van der Waals surface area contributed by atoms with Gasteiger partial charge in [-0.1, -0.05) is 12.1 Å². The number of benzene rings is 1. The number of sulfone groups is 1. The topological polar surface area (TPSA) is 186 Å². The third kappa shape index (κ3) is 5.63. The van der Waals surface area contributed by atoms with Gasteiger partial charge in [0.15, 0.2) is 33.1 Å². The number of nitrogens with one attached hydrogen (secondary N) is 2. The Kier molecular flexibility index (Phi) is 6.86. The Morgan fingerprint density at radius 2 is 1.80 bits per heavy atom. The highest BCUT2D eigenvalue weighted by Gasteiger charge is 2.40. The Morgan fingerprint density at radius 3 is 2.43 bits per heavy atom. The molecule has 0 aliphatic carbocycles. The predicted octanol–water partition coefficient (Wildman–Crippen LogP) is -0.0580. The van der Waals surface area contributed by atoms with Gasteiger partial charge in [-0.15, -0.1) is 0 Å². The average Bonchev–Trinajstić information content (AvgIpc) is 3.18. The second-order valence-electron chi connectivity index (χ2n) is 8.63. The molecule has 2 aliphatic heterocycles. The summed E-state index contributed by atoms with van der Waals surface area (Å²) in [6.45, 7) is 1.66. The van der Waals surface area contributed by atoms with Crippen LogP contribution in [0.5, 0.6) is 0 Å². The summed E-state index contributed by atoms with van der Waals surface area (Å²) in [5.74, 6) is -0.254. The maximum atomic E-state index is 12.8. The summed E-state index contributed by atoms with van der Waals surface area (Å²) in [5.41, 5.74) is 11.8. The number of aliphatic imine (C=N–C) groups is 1. The lowest BCUT2D eigenvalue weighted by atomic mass is 9.88. The monoisotopic (exact) mass is 612 g/mol. The number of carbonyl (C=O) groups is 2. The molecule has 2 aliphatic rings. The fourth-order valence-corrected chi connectivity index (χ4v) is 5.03. The van der Waals surface area contributed by atoms with Crippen LogP contribution >= 0.6 is 22.6 Å². The predicted molar refractivity (Wildman–Crippen MR) is 138 cm³/mol. The zero-order valence-electron chi connectivity index (χ0n) is 18.9. The van der Waals surface area contributed by atoms with Crippen molar-refractivity contribution in [1.82, 2.24) is 25.5 Å². The molecule has 0 bridgehead atoms. The smallest absolute Gasteiger partial charge is 0.302 e. The molecule has 186 valence electrons. The standard InChI is InChI=1S/C21H25IN8O4S/c1-35(33,34)13-4-2-12(3-5-13)10-14(31)30-8-6-21(7-9-30)11-25-20(29-21)28-19(32)15-17(23)27-18(24)16(22)26-15/h2-5H,6-11H2,1H3,(H4,23,24,27)(H2,25,28,29,32). The molecule has 4 rings (SSSR count). The molecule has 2 fully saturated rings. The maximum absolute atomic E-state index is 12.8. The second-order valence-corrected chi connectivity index (χ2v) is 11.7. The van der Waals surface area contributed by atoms with Crippen LogP contribution in [-0.2, 0) is 21.1 Å². The number of rotatable bonds is 4. The summed E-state index contributed by atoms with van der Waals surface area (Å²) in [6, 6.07) is 6.37. The molecule has 1 spiro atoms. The SMILES string of the molecule is CS(=O)(=O)c1ccc(CC(=O)N2CCC3(CC2)CN/C(=N\C(=O)c2nc(I)c(N)nc2N)N3)cc1. The molecule has 12 nitrogen and oxygen atoms in total. The molecular weight excluding hydrogens is 587 g/mol. The third-order valence-corrected chi connectivity index (χ3v) is 8.00. The molecule has 6 N–H and O–H groups in total. The van der Waals surface area contributed by atoms with Gasteiger partial charge in [0.25, 0.3) is 0 Å². The number of guanidine groups is 1. The Labute approximate surface area is 216 Å². The fourth-order valence-electron chi connectivity index (χ4n) is 4.04. The van der Waals surface area contributed by atoms with E-state index in [0.29, 0.717) is 42.1 Å². The van der Waals surface area contributed by atoms with Crippen LogP contribution in [-0.4, -0.2) is 72.5 Å². The lowest BCUT2D eigenvalue weighted by Crippen LogP contribution is -2.54. The molecule has 14 heteroatoms. The highest BCUT2D eigenvalue weighted by atomic mass is 127. The lowest BCUT2D eigenvalue weighted by molar-refractivity contribution is -0.132. The van der Waals surface area contributed by atoms with E-state index in [1.165, 1.54) is 12.1 Å². The molecule has 2 amide bonds. The van der Waals surface area contributed by atoms with Crippen LogP contribution in [0.1, 0.15) is 28.9 Å². The molecule has 0 radical (unpaired) electrons.